The number of carbonyl (C=O) groups is 1. The highest BCUT2D eigenvalue weighted by atomic mass is 19.1. The zero-order chi connectivity index (χ0) is 19.3. The fourth-order valence-electron chi connectivity index (χ4n) is 4.50. The van der Waals surface area contributed by atoms with Crippen LogP contribution in [0.4, 0.5) is 4.39 Å². The number of hydrogen-bond acceptors (Lipinski definition) is 3. The number of carbonyl (C=O) groups excluding carboxylic acids is 1. The normalized spacial score (nSPS) is 20.6. The Hall–Kier alpha value is -2.11. The van der Waals surface area contributed by atoms with Crippen LogP contribution in [0.2, 0.25) is 0 Å². The van der Waals surface area contributed by atoms with Crippen LogP contribution in [0.5, 0.6) is 0 Å². The number of nitrogens with zero attached hydrogens (tertiary/aromatic N) is 2. The molecule has 0 bridgehead atoms. The molecule has 1 aromatic rings. The van der Waals surface area contributed by atoms with E-state index in [2.05, 4.69) is 15.2 Å². The van der Waals surface area contributed by atoms with Crippen molar-refractivity contribution in [3.8, 4) is 0 Å². The molecule has 0 aromatic heterocycles. The van der Waals surface area contributed by atoms with Crippen LogP contribution < -0.4 is 5.32 Å². The van der Waals surface area contributed by atoms with Gasteiger partial charge in [0.1, 0.15) is 5.82 Å². The van der Waals surface area contributed by atoms with Crippen molar-refractivity contribution in [2.75, 3.05) is 33.8 Å². The van der Waals surface area contributed by atoms with Gasteiger partial charge in [-0.15, -0.1) is 0 Å². The predicted octanol–water partition coefficient (Wildman–Crippen LogP) is 3.10. The SMILES string of the molecule is CN=C(NCC1(c2ccc(F)cc2)CCCC1)N1CCC(C(=O)OC)CC1. The van der Waals surface area contributed by atoms with Crippen LogP contribution in [-0.4, -0.2) is 50.6 Å². The monoisotopic (exact) mass is 375 g/mol. The highest BCUT2D eigenvalue weighted by Crippen LogP contribution is 2.40. The average Bonchev–Trinajstić information content (AvgIpc) is 3.19. The molecule has 0 amide bonds. The number of likely N-dealkylation sites (tertiary alicyclic amines) is 1. The van der Waals surface area contributed by atoms with E-state index in [9.17, 15) is 9.18 Å². The van der Waals surface area contributed by atoms with Gasteiger partial charge >= 0.3 is 5.97 Å². The quantitative estimate of drug-likeness (QED) is 0.499. The molecule has 1 saturated heterocycles. The van der Waals surface area contributed by atoms with Gasteiger partial charge in [0.15, 0.2) is 5.96 Å². The summed E-state index contributed by atoms with van der Waals surface area (Å²) in [5.74, 6) is 0.569. The topological polar surface area (TPSA) is 53.9 Å². The Labute approximate surface area is 161 Å². The van der Waals surface area contributed by atoms with Crippen LogP contribution >= 0.6 is 0 Å². The van der Waals surface area contributed by atoms with E-state index in [0.717, 1.165) is 51.3 Å². The van der Waals surface area contributed by atoms with Gasteiger partial charge in [0.05, 0.1) is 13.0 Å². The van der Waals surface area contributed by atoms with Gasteiger partial charge in [0.25, 0.3) is 0 Å². The number of hydrogen-bond donors (Lipinski definition) is 1. The smallest absolute Gasteiger partial charge is 0.308 e. The van der Waals surface area contributed by atoms with Gasteiger partial charge in [0, 0.05) is 32.1 Å². The van der Waals surface area contributed by atoms with E-state index >= 15 is 0 Å². The van der Waals surface area contributed by atoms with Crippen LogP contribution in [0, 0.1) is 11.7 Å². The van der Waals surface area contributed by atoms with Gasteiger partial charge in [-0.05, 0) is 43.4 Å². The first-order valence-corrected chi connectivity index (χ1v) is 9.87. The average molecular weight is 375 g/mol. The van der Waals surface area contributed by atoms with Crippen LogP contribution in [0.15, 0.2) is 29.3 Å². The molecule has 3 rings (SSSR count). The van der Waals surface area contributed by atoms with E-state index in [1.165, 1.54) is 25.5 Å². The molecule has 148 valence electrons. The first-order valence-electron chi connectivity index (χ1n) is 9.87. The first-order chi connectivity index (χ1) is 13.1. The molecule has 6 heteroatoms. The summed E-state index contributed by atoms with van der Waals surface area (Å²) < 4.78 is 18.2. The zero-order valence-electron chi connectivity index (χ0n) is 16.3. The Morgan fingerprint density at radius 1 is 1.26 bits per heavy atom. The molecule has 27 heavy (non-hydrogen) atoms. The molecule has 1 aromatic carbocycles. The van der Waals surface area contributed by atoms with Gasteiger partial charge in [0.2, 0.25) is 0 Å². The minimum absolute atomic E-state index is 0.00949. The number of nitrogens with one attached hydrogen (secondary N) is 1. The fraction of sp³-hybridized carbons (Fsp3) is 0.619. The summed E-state index contributed by atoms with van der Waals surface area (Å²) in [6.45, 7) is 2.38. The minimum atomic E-state index is -0.191. The lowest BCUT2D eigenvalue weighted by Crippen LogP contribution is -2.49. The summed E-state index contributed by atoms with van der Waals surface area (Å²) >= 11 is 0. The van der Waals surface area contributed by atoms with Gasteiger partial charge < -0.3 is 15.0 Å². The Morgan fingerprint density at radius 2 is 1.89 bits per heavy atom. The van der Waals surface area contributed by atoms with E-state index in [4.69, 9.17) is 4.74 Å². The molecule has 0 atom stereocenters. The Bertz CT molecular complexity index is 661. The molecule has 1 heterocycles. The molecule has 5 nitrogen and oxygen atoms in total. The minimum Gasteiger partial charge on any atom is -0.469 e. The number of ether oxygens (including phenoxy) is 1. The lowest BCUT2D eigenvalue weighted by atomic mass is 9.79. The second kappa shape index (κ2) is 8.72. The largest absolute Gasteiger partial charge is 0.469 e. The molecule has 2 aliphatic rings. The Morgan fingerprint density at radius 3 is 2.44 bits per heavy atom. The van der Waals surface area contributed by atoms with Crippen LogP contribution in [0.3, 0.4) is 0 Å². The van der Waals surface area contributed by atoms with Crippen molar-refractivity contribution in [2.24, 2.45) is 10.9 Å². The van der Waals surface area contributed by atoms with E-state index < -0.39 is 0 Å². The number of guanidine groups is 1. The van der Waals surface area contributed by atoms with Crippen molar-refractivity contribution in [3.63, 3.8) is 0 Å². The molecule has 0 spiro atoms. The highest BCUT2D eigenvalue weighted by Gasteiger charge is 2.36. The van der Waals surface area contributed by atoms with Crippen molar-refractivity contribution in [1.82, 2.24) is 10.2 Å². The Balaban J connectivity index is 1.63. The summed E-state index contributed by atoms with van der Waals surface area (Å²) in [7, 11) is 3.25. The maximum atomic E-state index is 13.3. The van der Waals surface area contributed by atoms with Gasteiger partial charge in [-0.25, -0.2) is 4.39 Å². The van der Waals surface area contributed by atoms with Crippen LogP contribution in [0.1, 0.15) is 44.1 Å². The van der Waals surface area contributed by atoms with E-state index in [-0.39, 0.29) is 23.1 Å². The molecule has 0 radical (unpaired) electrons. The number of piperidine rings is 1. The van der Waals surface area contributed by atoms with Gasteiger partial charge in [-0.3, -0.25) is 9.79 Å². The number of aliphatic imine (C=N–C) groups is 1. The third-order valence-corrected chi connectivity index (χ3v) is 6.14. The van der Waals surface area contributed by atoms with E-state index in [1.54, 1.807) is 19.2 Å². The molecule has 1 saturated carbocycles. The molecule has 1 aliphatic carbocycles. The van der Waals surface area contributed by atoms with Crippen molar-refractivity contribution < 1.29 is 13.9 Å². The van der Waals surface area contributed by atoms with Crippen molar-refractivity contribution in [2.45, 2.75) is 43.9 Å². The number of rotatable bonds is 4. The summed E-state index contributed by atoms with van der Waals surface area (Å²) in [4.78, 5) is 18.4. The second-order valence-corrected chi connectivity index (χ2v) is 7.68. The number of benzene rings is 1. The summed E-state index contributed by atoms with van der Waals surface area (Å²) in [6, 6.07) is 6.96. The summed E-state index contributed by atoms with van der Waals surface area (Å²) in [5, 5.41) is 3.56. The van der Waals surface area contributed by atoms with E-state index in [0.29, 0.717) is 0 Å². The highest BCUT2D eigenvalue weighted by molar-refractivity contribution is 5.80. The molecule has 1 aliphatic heterocycles. The maximum Gasteiger partial charge on any atom is 0.308 e. The van der Waals surface area contributed by atoms with Gasteiger partial charge in [-0.2, -0.15) is 0 Å². The summed E-state index contributed by atoms with van der Waals surface area (Å²) in [5.41, 5.74) is 1.24. The van der Waals surface area contributed by atoms with Crippen molar-refractivity contribution >= 4 is 11.9 Å². The Kier molecular flexibility index (Phi) is 6.34. The van der Waals surface area contributed by atoms with Crippen LogP contribution in [-0.2, 0) is 14.9 Å². The first kappa shape index (κ1) is 19.6. The molecule has 0 unspecified atom stereocenters. The summed E-state index contributed by atoms with van der Waals surface area (Å²) in [6.07, 6.45) is 6.18. The van der Waals surface area contributed by atoms with Gasteiger partial charge in [-0.1, -0.05) is 25.0 Å². The standard InChI is InChI=1S/C21H30FN3O2/c1-23-20(25-13-9-16(10-14-25)19(26)27-2)24-15-21(11-3-4-12-21)17-5-7-18(22)8-6-17/h5-8,16H,3-4,9-15H2,1-2H3,(H,23,24). The lowest BCUT2D eigenvalue weighted by molar-refractivity contribution is -0.146. The van der Waals surface area contributed by atoms with E-state index in [1.807, 2.05) is 12.1 Å². The molecule has 1 N–H and O–H groups in total. The maximum absolute atomic E-state index is 13.3. The molecular weight excluding hydrogens is 345 g/mol. The number of esters is 1. The lowest BCUT2D eigenvalue weighted by Gasteiger charge is -2.36. The van der Waals surface area contributed by atoms with Crippen molar-refractivity contribution in [3.05, 3.63) is 35.6 Å². The number of methoxy groups -OCH3 is 1. The number of halogens is 1. The predicted molar refractivity (Wildman–Crippen MR) is 104 cm³/mol. The third-order valence-electron chi connectivity index (χ3n) is 6.14. The second-order valence-electron chi connectivity index (χ2n) is 7.68. The zero-order valence-corrected chi connectivity index (χ0v) is 16.3. The molecular formula is C21H30FN3O2. The fourth-order valence-corrected chi connectivity index (χ4v) is 4.50. The van der Waals surface area contributed by atoms with Crippen LogP contribution in [0.25, 0.3) is 0 Å². The third kappa shape index (κ3) is 4.42. The molecule has 2 fully saturated rings. The van der Waals surface area contributed by atoms with Crippen molar-refractivity contribution in [1.29, 1.82) is 0 Å².